The van der Waals surface area contributed by atoms with E-state index in [0.717, 1.165) is 10.4 Å². The first-order valence-corrected chi connectivity index (χ1v) is 10.2. The first kappa shape index (κ1) is 20.0. The lowest BCUT2D eigenvalue weighted by molar-refractivity contribution is 0.0734. The molecule has 144 valence electrons. The zero-order valence-electron chi connectivity index (χ0n) is 14.5. The molecule has 1 heterocycles. The number of anilines is 1. The molecular formula is C19H14BrFN2O4S. The van der Waals surface area contributed by atoms with Crippen LogP contribution in [0.25, 0.3) is 0 Å². The van der Waals surface area contributed by atoms with Gasteiger partial charge < -0.3 is 4.74 Å². The lowest BCUT2D eigenvalue weighted by Crippen LogP contribution is -2.27. The van der Waals surface area contributed by atoms with Gasteiger partial charge in [0.1, 0.15) is 16.5 Å². The van der Waals surface area contributed by atoms with Crippen LogP contribution in [0.1, 0.15) is 10.4 Å². The van der Waals surface area contributed by atoms with Gasteiger partial charge in [0.15, 0.2) is 0 Å². The monoisotopic (exact) mass is 464 g/mol. The normalized spacial score (nSPS) is 11.1. The zero-order chi connectivity index (χ0) is 20.3. The van der Waals surface area contributed by atoms with Gasteiger partial charge in [-0.15, -0.1) is 0 Å². The summed E-state index contributed by atoms with van der Waals surface area (Å²) in [5, 5.41) is 0. The van der Waals surface area contributed by atoms with Gasteiger partial charge in [0.2, 0.25) is 0 Å². The van der Waals surface area contributed by atoms with Crippen molar-refractivity contribution in [3.05, 3.63) is 82.8 Å². The van der Waals surface area contributed by atoms with Crippen LogP contribution in [0.2, 0.25) is 0 Å². The van der Waals surface area contributed by atoms with Crippen LogP contribution in [0.4, 0.5) is 10.1 Å². The number of carbonyl (C=O) groups excluding carboxylic acids is 1. The molecule has 0 aliphatic rings. The fourth-order valence-corrected chi connectivity index (χ4v) is 3.98. The molecule has 0 amide bonds. The van der Waals surface area contributed by atoms with Gasteiger partial charge >= 0.3 is 5.97 Å². The summed E-state index contributed by atoms with van der Waals surface area (Å²) in [6.07, 6.45) is 2.91. The van der Waals surface area contributed by atoms with Gasteiger partial charge in [0.25, 0.3) is 10.0 Å². The Morgan fingerprint density at radius 1 is 1.11 bits per heavy atom. The summed E-state index contributed by atoms with van der Waals surface area (Å²) < 4.78 is 46.0. The van der Waals surface area contributed by atoms with E-state index in [-0.39, 0.29) is 17.0 Å². The molecule has 0 aliphatic carbocycles. The van der Waals surface area contributed by atoms with E-state index in [4.69, 9.17) is 4.74 Å². The second-order valence-corrected chi connectivity index (χ2v) is 8.53. The first-order valence-electron chi connectivity index (χ1n) is 7.95. The third-order valence-electron chi connectivity index (χ3n) is 3.83. The number of carbonyl (C=O) groups is 1. The third kappa shape index (κ3) is 4.20. The van der Waals surface area contributed by atoms with Gasteiger partial charge in [0, 0.05) is 23.9 Å². The maximum Gasteiger partial charge on any atom is 0.345 e. The number of pyridine rings is 1. The number of esters is 1. The highest BCUT2D eigenvalue weighted by molar-refractivity contribution is 9.10. The van der Waals surface area contributed by atoms with E-state index < -0.39 is 26.7 Å². The number of aromatic nitrogens is 1. The van der Waals surface area contributed by atoms with Crippen LogP contribution in [0.3, 0.4) is 0 Å². The molecule has 28 heavy (non-hydrogen) atoms. The second kappa shape index (κ2) is 8.07. The molecule has 6 nitrogen and oxygen atoms in total. The molecule has 0 saturated heterocycles. The van der Waals surface area contributed by atoms with Crippen molar-refractivity contribution >= 4 is 37.6 Å². The number of ether oxygens (including phenoxy) is 1. The fourth-order valence-electron chi connectivity index (χ4n) is 2.35. The third-order valence-corrected chi connectivity index (χ3v) is 6.08. The van der Waals surface area contributed by atoms with Crippen LogP contribution in [-0.2, 0) is 10.0 Å². The zero-order valence-corrected chi connectivity index (χ0v) is 16.9. The van der Waals surface area contributed by atoms with E-state index in [1.165, 1.54) is 61.9 Å². The molecule has 0 radical (unpaired) electrons. The summed E-state index contributed by atoms with van der Waals surface area (Å²) in [6, 6.07) is 12.5. The van der Waals surface area contributed by atoms with Gasteiger partial charge in [-0.1, -0.05) is 12.1 Å². The standard InChI is InChI=1S/C19H14BrFN2O4S/c1-23(28(25,26)18-5-3-2-4-17(18)21)15-6-8-16(9-7-15)27-19(24)13-10-14(20)12-22-11-13/h2-12H,1H3. The molecule has 3 rings (SSSR count). The lowest BCUT2D eigenvalue weighted by Gasteiger charge is -2.20. The van der Waals surface area contributed by atoms with E-state index in [0.29, 0.717) is 4.47 Å². The Morgan fingerprint density at radius 2 is 1.79 bits per heavy atom. The minimum absolute atomic E-state index is 0.227. The van der Waals surface area contributed by atoms with Crippen molar-refractivity contribution in [1.82, 2.24) is 4.98 Å². The molecule has 0 atom stereocenters. The minimum atomic E-state index is -4.07. The smallest absolute Gasteiger partial charge is 0.345 e. The number of benzene rings is 2. The summed E-state index contributed by atoms with van der Waals surface area (Å²) in [4.78, 5) is 15.6. The fraction of sp³-hybridized carbons (Fsp3) is 0.0526. The molecule has 0 unspecified atom stereocenters. The Labute approximate surface area is 169 Å². The number of rotatable bonds is 5. The summed E-state index contributed by atoms with van der Waals surface area (Å²) in [7, 11) is -2.75. The molecule has 0 saturated carbocycles. The topological polar surface area (TPSA) is 76.6 Å². The highest BCUT2D eigenvalue weighted by atomic mass is 79.9. The molecule has 3 aromatic rings. The van der Waals surface area contributed by atoms with Crippen LogP contribution >= 0.6 is 15.9 Å². The van der Waals surface area contributed by atoms with Crippen LogP contribution in [-0.4, -0.2) is 26.4 Å². The second-order valence-electron chi connectivity index (χ2n) is 5.68. The van der Waals surface area contributed by atoms with Gasteiger partial charge in [-0.2, -0.15) is 0 Å². The maximum atomic E-state index is 13.9. The van der Waals surface area contributed by atoms with Crippen molar-refractivity contribution in [3.8, 4) is 5.75 Å². The molecule has 9 heteroatoms. The summed E-state index contributed by atoms with van der Waals surface area (Å²) in [6.45, 7) is 0. The molecule has 0 fully saturated rings. The average molecular weight is 465 g/mol. The Balaban J connectivity index is 1.79. The van der Waals surface area contributed by atoms with Crippen LogP contribution in [0.5, 0.6) is 5.75 Å². The molecule has 0 bridgehead atoms. The quantitative estimate of drug-likeness (QED) is 0.420. The van der Waals surface area contributed by atoms with Gasteiger partial charge in [-0.25, -0.2) is 17.6 Å². The maximum absolute atomic E-state index is 13.9. The number of nitrogens with zero attached hydrogens (tertiary/aromatic N) is 2. The molecule has 2 aromatic carbocycles. The van der Waals surface area contributed by atoms with Crippen molar-refractivity contribution in [2.75, 3.05) is 11.4 Å². The Hall–Kier alpha value is -2.78. The Bertz CT molecular complexity index is 1120. The van der Waals surface area contributed by atoms with E-state index >= 15 is 0 Å². The van der Waals surface area contributed by atoms with E-state index in [1.54, 1.807) is 6.07 Å². The SMILES string of the molecule is CN(c1ccc(OC(=O)c2cncc(Br)c2)cc1)S(=O)(=O)c1ccccc1F. The molecule has 0 spiro atoms. The number of hydrogen-bond donors (Lipinski definition) is 0. The summed E-state index contributed by atoms with van der Waals surface area (Å²) >= 11 is 3.22. The highest BCUT2D eigenvalue weighted by Gasteiger charge is 2.24. The highest BCUT2D eigenvalue weighted by Crippen LogP contribution is 2.26. The van der Waals surface area contributed by atoms with Gasteiger partial charge in [-0.05, 0) is 58.4 Å². The number of sulfonamides is 1. The molecular weight excluding hydrogens is 451 g/mol. The van der Waals surface area contributed by atoms with Crippen LogP contribution in [0, 0.1) is 5.82 Å². The van der Waals surface area contributed by atoms with E-state index in [9.17, 15) is 17.6 Å². The van der Waals surface area contributed by atoms with Crippen molar-refractivity contribution < 1.29 is 22.3 Å². The summed E-state index contributed by atoms with van der Waals surface area (Å²) in [5.74, 6) is -1.21. The van der Waals surface area contributed by atoms with E-state index in [2.05, 4.69) is 20.9 Å². The molecule has 1 aromatic heterocycles. The van der Waals surface area contributed by atoms with Crippen molar-refractivity contribution in [1.29, 1.82) is 0 Å². The van der Waals surface area contributed by atoms with Gasteiger partial charge in [-0.3, -0.25) is 9.29 Å². The summed E-state index contributed by atoms with van der Waals surface area (Å²) in [5.41, 5.74) is 0.546. The lowest BCUT2D eigenvalue weighted by atomic mass is 10.3. The Morgan fingerprint density at radius 3 is 2.43 bits per heavy atom. The largest absolute Gasteiger partial charge is 0.423 e. The van der Waals surface area contributed by atoms with Crippen molar-refractivity contribution in [3.63, 3.8) is 0 Å². The van der Waals surface area contributed by atoms with Crippen molar-refractivity contribution in [2.45, 2.75) is 4.90 Å². The first-order chi connectivity index (χ1) is 13.3. The van der Waals surface area contributed by atoms with Crippen LogP contribution in [0.15, 0.2) is 76.4 Å². The molecule has 0 aliphatic heterocycles. The average Bonchev–Trinajstić information content (AvgIpc) is 2.68. The van der Waals surface area contributed by atoms with Gasteiger partial charge in [0.05, 0.1) is 11.3 Å². The molecule has 0 N–H and O–H groups in total. The van der Waals surface area contributed by atoms with Crippen molar-refractivity contribution in [2.24, 2.45) is 0 Å². The van der Waals surface area contributed by atoms with Crippen LogP contribution < -0.4 is 9.04 Å². The number of hydrogen-bond acceptors (Lipinski definition) is 5. The predicted molar refractivity (Wildman–Crippen MR) is 105 cm³/mol. The predicted octanol–water partition coefficient (Wildman–Crippen LogP) is 4.03. The Kier molecular flexibility index (Phi) is 5.76. The minimum Gasteiger partial charge on any atom is -0.423 e. The number of halogens is 2. The van der Waals surface area contributed by atoms with E-state index in [1.807, 2.05) is 0 Å².